The first-order valence-corrected chi connectivity index (χ1v) is 7.38. The molecule has 0 bridgehead atoms. The lowest BCUT2D eigenvalue weighted by Crippen LogP contribution is -2.46. The Kier molecular flexibility index (Phi) is 3.72. The Morgan fingerprint density at radius 3 is 2.77 bits per heavy atom. The molecule has 2 aliphatic rings. The minimum Gasteiger partial charge on any atom is -0.324 e. The van der Waals surface area contributed by atoms with E-state index in [9.17, 15) is 19.2 Å². The fourth-order valence-electron chi connectivity index (χ4n) is 2.12. The normalized spacial score (nSPS) is 20.3. The number of thioether (sulfide) groups is 1. The summed E-state index contributed by atoms with van der Waals surface area (Å²) in [6.07, 6.45) is -0.0944. The van der Waals surface area contributed by atoms with Crippen LogP contribution in [0.25, 0.3) is 0 Å². The number of nitrogens with zero attached hydrogens (tertiary/aromatic N) is 1. The summed E-state index contributed by atoms with van der Waals surface area (Å²) in [5.74, 6) is -1.25. The monoisotopic (exact) mass is 320 g/mol. The number of carbonyl (C=O) groups is 4. The van der Waals surface area contributed by atoms with Crippen LogP contribution >= 0.6 is 11.8 Å². The number of para-hydroxylation sites is 1. The van der Waals surface area contributed by atoms with Gasteiger partial charge in [-0.05, 0) is 12.1 Å². The van der Waals surface area contributed by atoms with E-state index in [1.54, 1.807) is 6.07 Å². The average Bonchev–Trinajstić information content (AvgIpc) is 2.77. The first kappa shape index (κ1) is 14.4. The fraction of sp³-hybridized carbons (Fsp3) is 0.231. The molecule has 3 N–H and O–H groups in total. The Morgan fingerprint density at radius 2 is 2.05 bits per heavy atom. The standard InChI is InChI=1S/C13H12N4O4S/c18-10(16-17-6-11(19)15-13(17)21)5-9-12(20)14-7-3-1-2-4-8(7)22-9/h1-4,9H,5-6H2,(H,14,20)(H,16,18)(H,15,19,21)/t9-/m0/s1. The molecule has 1 atom stereocenters. The SMILES string of the molecule is O=C1CN(NC(=O)C[C@@H]2Sc3ccccc3NC2=O)C(=O)N1. The Bertz CT molecular complexity index is 678. The molecule has 3 rings (SSSR count). The highest BCUT2D eigenvalue weighted by atomic mass is 32.2. The highest BCUT2D eigenvalue weighted by Gasteiger charge is 2.32. The van der Waals surface area contributed by atoms with Crippen LogP contribution in [0.5, 0.6) is 0 Å². The number of imide groups is 1. The third-order valence-corrected chi connectivity index (χ3v) is 4.41. The molecule has 22 heavy (non-hydrogen) atoms. The molecular formula is C13H12N4O4S. The molecule has 1 saturated heterocycles. The molecule has 8 nitrogen and oxygen atoms in total. The smallest absolute Gasteiger partial charge is 0.324 e. The van der Waals surface area contributed by atoms with Crippen molar-refractivity contribution < 1.29 is 19.2 Å². The summed E-state index contributed by atoms with van der Waals surface area (Å²) in [6, 6.07) is 6.63. The highest BCUT2D eigenvalue weighted by Crippen LogP contribution is 2.36. The Balaban J connectivity index is 1.61. The maximum absolute atomic E-state index is 12.0. The predicted molar refractivity (Wildman–Crippen MR) is 77.7 cm³/mol. The molecule has 0 aliphatic carbocycles. The molecule has 9 heteroatoms. The van der Waals surface area contributed by atoms with Gasteiger partial charge in [0.05, 0.1) is 10.9 Å². The lowest BCUT2D eigenvalue weighted by atomic mass is 10.2. The van der Waals surface area contributed by atoms with E-state index in [1.165, 1.54) is 11.8 Å². The molecule has 5 amide bonds. The molecule has 1 aromatic carbocycles. The van der Waals surface area contributed by atoms with Crippen LogP contribution in [0.1, 0.15) is 6.42 Å². The predicted octanol–water partition coefficient (Wildman–Crippen LogP) is 0.0725. The number of hydrazine groups is 1. The number of hydrogen-bond acceptors (Lipinski definition) is 5. The topological polar surface area (TPSA) is 108 Å². The van der Waals surface area contributed by atoms with Crippen LogP contribution in [-0.2, 0) is 14.4 Å². The quantitative estimate of drug-likeness (QED) is 0.683. The largest absolute Gasteiger partial charge is 0.343 e. The van der Waals surface area contributed by atoms with Crippen molar-refractivity contribution in [2.75, 3.05) is 11.9 Å². The van der Waals surface area contributed by atoms with Crippen LogP contribution in [0, 0.1) is 0 Å². The van der Waals surface area contributed by atoms with E-state index < -0.39 is 23.1 Å². The number of carbonyl (C=O) groups excluding carboxylic acids is 4. The molecule has 1 fully saturated rings. The van der Waals surface area contributed by atoms with Crippen LogP contribution in [0.3, 0.4) is 0 Å². The molecule has 0 radical (unpaired) electrons. The van der Waals surface area contributed by atoms with Gasteiger partial charge in [0, 0.05) is 11.3 Å². The van der Waals surface area contributed by atoms with Crippen LogP contribution in [0.15, 0.2) is 29.2 Å². The maximum atomic E-state index is 12.0. The zero-order valence-electron chi connectivity index (χ0n) is 11.3. The number of fused-ring (bicyclic) bond motifs is 1. The first-order chi connectivity index (χ1) is 10.5. The van der Waals surface area contributed by atoms with E-state index >= 15 is 0 Å². The van der Waals surface area contributed by atoms with E-state index in [4.69, 9.17) is 0 Å². The summed E-state index contributed by atoms with van der Waals surface area (Å²) >= 11 is 1.29. The summed E-state index contributed by atoms with van der Waals surface area (Å²) in [6.45, 7) is -0.225. The number of urea groups is 1. The summed E-state index contributed by atoms with van der Waals surface area (Å²) in [7, 11) is 0. The van der Waals surface area contributed by atoms with Crippen molar-refractivity contribution in [3.05, 3.63) is 24.3 Å². The van der Waals surface area contributed by atoms with Crippen molar-refractivity contribution in [2.45, 2.75) is 16.6 Å². The van der Waals surface area contributed by atoms with Gasteiger partial charge in [-0.1, -0.05) is 12.1 Å². The van der Waals surface area contributed by atoms with Gasteiger partial charge in [0.15, 0.2) is 0 Å². The van der Waals surface area contributed by atoms with Crippen molar-refractivity contribution in [2.24, 2.45) is 0 Å². The second-order valence-corrected chi connectivity index (χ2v) is 6.02. The van der Waals surface area contributed by atoms with Crippen molar-refractivity contribution in [1.82, 2.24) is 15.8 Å². The second-order valence-electron chi connectivity index (χ2n) is 4.77. The summed E-state index contributed by atoms with van der Waals surface area (Å²) in [4.78, 5) is 47.2. The maximum Gasteiger partial charge on any atom is 0.343 e. The van der Waals surface area contributed by atoms with Gasteiger partial charge in [0.25, 0.3) is 0 Å². The van der Waals surface area contributed by atoms with Gasteiger partial charge in [-0.2, -0.15) is 0 Å². The first-order valence-electron chi connectivity index (χ1n) is 6.50. The van der Waals surface area contributed by atoms with Gasteiger partial charge in [-0.15, -0.1) is 11.8 Å². The third-order valence-electron chi connectivity index (χ3n) is 3.13. The molecular weight excluding hydrogens is 308 g/mol. The fourth-order valence-corrected chi connectivity index (χ4v) is 3.23. The number of amides is 5. The number of rotatable bonds is 3. The van der Waals surface area contributed by atoms with Crippen LogP contribution in [0.4, 0.5) is 10.5 Å². The Hall–Kier alpha value is -2.55. The van der Waals surface area contributed by atoms with E-state index in [0.29, 0.717) is 0 Å². The van der Waals surface area contributed by atoms with E-state index in [0.717, 1.165) is 15.6 Å². The summed E-state index contributed by atoms with van der Waals surface area (Å²) in [5, 5.41) is 5.09. The van der Waals surface area contributed by atoms with Gasteiger partial charge in [0.1, 0.15) is 6.54 Å². The zero-order chi connectivity index (χ0) is 15.7. The van der Waals surface area contributed by atoms with Gasteiger partial charge in [-0.25, -0.2) is 9.80 Å². The number of anilines is 1. The second kappa shape index (κ2) is 5.68. The van der Waals surface area contributed by atoms with E-state index in [2.05, 4.69) is 10.7 Å². The van der Waals surface area contributed by atoms with Crippen molar-refractivity contribution >= 4 is 41.2 Å². The van der Waals surface area contributed by atoms with Crippen LogP contribution in [-0.4, -0.2) is 40.6 Å². The summed E-state index contributed by atoms with van der Waals surface area (Å²) in [5.41, 5.74) is 3.04. The minimum absolute atomic E-state index is 0.0944. The molecule has 114 valence electrons. The van der Waals surface area contributed by atoms with Crippen molar-refractivity contribution in [3.63, 3.8) is 0 Å². The van der Waals surface area contributed by atoms with Crippen LogP contribution < -0.4 is 16.1 Å². The van der Waals surface area contributed by atoms with Crippen molar-refractivity contribution in [1.29, 1.82) is 0 Å². The highest BCUT2D eigenvalue weighted by molar-refractivity contribution is 8.01. The number of nitrogens with one attached hydrogen (secondary N) is 3. The molecule has 0 unspecified atom stereocenters. The van der Waals surface area contributed by atoms with Gasteiger partial charge in [-0.3, -0.25) is 25.1 Å². The Labute approximate surface area is 129 Å². The molecule has 0 aromatic heterocycles. The number of hydrogen-bond donors (Lipinski definition) is 3. The lowest BCUT2D eigenvalue weighted by Gasteiger charge is -2.24. The molecule has 0 saturated carbocycles. The number of benzene rings is 1. The van der Waals surface area contributed by atoms with E-state index in [-0.39, 0.29) is 18.9 Å². The lowest BCUT2D eigenvalue weighted by molar-refractivity contribution is -0.127. The summed E-state index contributed by atoms with van der Waals surface area (Å²) < 4.78 is 0. The molecule has 0 spiro atoms. The molecule has 2 heterocycles. The van der Waals surface area contributed by atoms with Crippen molar-refractivity contribution in [3.8, 4) is 0 Å². The van der Waals surface area contributed by atoms with Gasteiger partial charge in [0.2, 0.25) is 17.7 Å². The van der Waals surface area contributed by atoms with Gasteiger partial charge >= 0.3 is 6.03 Å². The van der Waals surface area contributed by atoms with E-state index in [1.807, 2.05) is 23.5 Å². The van der Waals surface area contributed by atoms with Gasteiger partial charge < -0.3 is 5.32 Å². The minimum atomic E-state index is -0.676. The molecule has 2 aliphatic heterocycles. The molecule has 1 aromatic rings. The zero-order valence-corrected chi connectivity index (χ0v) is 12.1. The third kappa shape index (κ3) is 2.89. The average molecular weight is 320 g/mol. The van der Waals surface area contributed by atoms with Crippen LogP contribution in [0.2, 0.25) is 0 Å². The Morgan fingerprint density at radius 1 is 1.27 bits per heavy atom.